The second-order valence-corrected chi connectivity index (χ2v) is 5.44. The Hall–Kier alpha value is -2.17. The number of carbonyl (C=O) groups excluding carboxylic acids is 1. The Morgan fingerprint density at radius 1 is 1.14 bits per heavy atom. The highest BCUT2D eigenvalue weighted by Crippen LogP contribution is 2.28. The predicted molar refractivity (Wildman–Crippen MR) is 87.2 cm³/mol. The molecule has 0 bridgehead atoms. The molecule has 1 N–H and O–H groups in total. The zero-order chi connectivity index (χ0) is 15.7. The van der Waals surface area contributed by atoms with Crippen LogP contribution in [0.2, 0.25) is 10.0 Å². The number of hydrogen-bond acceptors (Lipinski definition) is 3. The van der Waals surface area contributed by atoms with E-state index in [2.05, 4.69) is 5.32 Å². The molecule has 1 aromatic heterocycles. The first-order valence-corrected chi connectivity index (χ1v) is 7.16. The molecule has 1 amide bonds. The highest BCUT2D eigenvalue weighted by Gasteiger charge is 2.13. The summed E-state index contributed by atoms with van der Waals surface area (Å²) in [5, 5.41) is 4.49. The third-order valence-electron chi connectivity index (χ3n) is 3.11. The van der Waals surface area contributed by atoms with Gasteiger partial charge in [0.25, 0.3) is 5.91 Å². The number of nitrogens with one attached hydrogen (secondary N) is 1. The number of carbonyl (C=O) groups is 1. The standard InChI is InChI=1S/C16H11Cl2NO3/c1-21-14-5-3-11(8-12(14)18)19-16(20)15-7-9-6-10(17)2-4-13(9)22-15/h2-8H,1H3,(H,19,20). The average Bonchev–Trinajstić information content (AvgIpc) is 2.90. The lowest BCUT2D eigenvalue weighted by atomic mass is 10.2. The Kier molecular flexibility index (Phi) is 3.96. The lowest BCUT2D eigenvalue weighted by Gasteiger charge is -2.06. The third kappa shape index (κ3) is 2.89. The maximum absolute atomic E-state index is 12.2. The van der Waals surface area contributed by atoms with E-state index < -0.39 is 0 Å². The fourth-order valence-electron chi connectivity index (χ4n) is 2.06. The molecule has 0 saturated heterocycles. The summed E-state index contributed by atoms with van der Waals surface area (Å²) in [7, 11) is 1.53. The van der Waals surface area contributed by atoms with Gasteiger partial charge < -0.3 is 14.5 Å². The van der Waals surface area contributed by atoms with Crippen molar-refractivity contribution >= 4 is 45.8 Å². The maximum Gasteiger partial charge on any atom is 0.291 e. The molecule has 3 aromatic rings. The number of fused-ring (bicyclic) bond motifs is 1. The summed E-state index contributed by atoms with van der Waals surface area (Å²) in [5.74, 6) is 0.371. The van der Waals surface area contributed by atoms with Gasteiger partial charge in [-0.25, -0.2) is 0 Å². The van der Waals surface area contributed by atoms with Gasteiger partial charge in [0.15, 0.2) is 5.76 Å². The van der Waals surface area contributed by atoms with Crippen LogP contribution in [-0.4, -0.2) is 13.0 Å². The molecule has 0 aliphatic heterocycles. The Morgan fingerprint density at radius 2 is 1.95 bits per heavy atom. The zero-order valence-electron chi connectivity index (χ0n) is 11.5. The minimum absolute atomic E-state index is 0.198. The third-order valence-corrected chi connectivity index (χ3v) is 3.64. The van der Waals surface area contributed by atoms with Crippen molar-refractivity contribution in [1.29, 1.82) is 0 Å². The summed E-state index contributed by atoms with van der Waals surface area (Å²) in [4.78, 5) is 12.2. The number of rotatable bonds is 3. The largest absolute Gasteiger partial charge is 0.495 e. The summed E-state index contributed by atoms with van der Waals surface area (Å²) in [5.41, 5.74) is 1.15. The van der Waals surface area contributed by atoms with Crippen LogP contribution >= 0.6 is 23.2 Å². The average molecular weight is 336 g/mol. The van der Waals surface area contributed by atoms with Gasteiger partial charge >= 0.3 is 0 Å². The molecule has 2 aromatic carbocycles. The Morgan fingerprint density at radius 3 is 2.68 bits per heavy atom. The van der Waals surface area contributed by atoms with Gasteiger partial charge in [0, 0.05) is 16.1 Å². The zero-order valence-corrected chi connectivity index (χ0v) is 13.0. The minimum atomic E-state index is -0.367. The summed E-state index contributed by atoms with van der Waals surface area (Å²) in [6.45, 7) is 0. The molecule has 22 heavy (non-hydrogen) atoms. The maximum atomic E-state index is 12.2. The van der Waals surface area contributed by atoms with Crippen LogP contribution < -0.4 is 10.1 Å². The van der Waals surface area contributed by atoms with E-state index in [4.69, 9.17) is 32.4 Å². The molecular weight excluding hydrogens is 325 g/mol. The van der Waals surface area contributed by atoms with Crippen LogP contribution in [-0.2, 0) is 0 Å². The Balaban J connectivity index is 1.85. The van der Waals surface area contributed by atoms with Gasteiger partial charge in [0.05, 0.1) is 12.1 Å². The van der Waals surface area contributed by atoms with E-state index in [0.29, 0.717) is 27.1 Å². The van der Waals surface area contributed by atoms with Crippen LogP contribution in [0.4, 0.5) is 5.69 Å². The van der Waals surface area contributed by atoms with E-state index >= 15 is 0 Å². The van der Waals surface area contributed by atoms with Crippen molar-refractivity contribution in [3.05, 3.63) is 58.3 Å². The van der Waals surface area contributed by atoms with E-state index in [9.17, 15) is 4.79 Å². The van der Waals surface area contributed by atoms with E-state index in [1.54, 1.807) is 42.5 Å². The van der Waals surface area contributed by atoms with E-state index in [1.165, 1.54) is 7.11 Å². The van der Waals surface area contributed by atoms with E-state index in [0.717, 1.165) is 5.39 Å². The fraction of sp³-hybridized carbons (Fsp3) is 0.0625. The first kappa shape index (κ1) is 14.8. The highest BCUT2D eigenvalue weighted by molar-refractivity contribution is 6.32. The molecule has 0 radical (unpaired) electrons. The number of halogens is 2. The molecular formula is C16H11Cl2NO3. The van der Waals surface area contributed by atoms with Gasteiger partial charge in [-0.1, -0.05) is 23.2 Å². The molecule has 0 atom stereocenters. The van der Waals surface area contributed by atoms with E-state index in [1.807, 2.05) is 0 Å². The molecule has 4 nitrogen and oxygen atoms in total. The van der Waals surface area contributed by atoms with Crippen LogP contribution in [0.25, 0.3) is 11.0 Å². The van der Waals surface area contributed by atoms with Crippen molar-refractivity contribution in [2.75, 3.05) is 12.4 Å². The van der Waals surface area contributed by atoms with Crippen LogP contribution in [0.5, 0.6) is 5.75 Å². The quantitative estimate of drug-likeness (QED) is 0.732. The lowest BCUT2D eigenvalue weighted by molar-refractivity contribution is 0.0998. The van der Waals surface area contributed by atoms with Gasteiger partial charge in [0.1, 0.15) is 11.3 Å². The van der Waals surface area contributed by atoms with Gasteiger partial charge in [0.2, 0.25) is 0 Å². The molecule has 0 saturated carbocycles. The smallest absolute Gasteiger partial charge is 0.291 e. The molecule has 112 valence electrons. The SMILES string of the molecule is COc1ccc(NC(=O)c2cc3cc(Cl)ccc3o2)cc1Cl. The first-order chi connectivity index (χ1) is 10.6. The molecule has 0 aliphatic carbocycles. The lowest BCUT2D eigenvalue weighted by Crippen LogP contribution is -2.10. The number of anilines is 1. The second kappa shape index (κ2) is 5.91. The van der Waals surface area contributed by atoms with Crippen molar-refractivity contribution in [3.63, 3.8) is 0 Å². The van der Waals surface area contributed by atoms with Gasteiger partial charge in [-0.3, -0.25) is 4.79 Å². The first-order valence-electron chi connectivity index (χ1n) is 6.41. The van der Waals surface area contributed by atoms with Gasteiger partial charge in [-0.15, -0.1) is 0 Å². The molecule has 1 heterocycles. The monoisotopic (exact) mass is 335 g/mol. The molecule has 3 rings (SSSR count). The highest BCUT2D eigenvalue weighted by atomic mass is 35.5. The minimum Gasteiger partial charge on any atom is -0.495 e. The fourth-order valence-corrected chi connectivity index (χ4v) is 2.50. The summed E-state index contributed by atoms with van der Waals surface area (Å²) >= 11 is 11.9. The number of furan rings is 1. The van der Waals surface area contributed by atoms with Crippen LogP contribution in [0.1, 0.15) is 10.6 Å². The number of amides is 1. The van der Waals surface area contributed by atoms with Crippen molar-refractivity contribution in [2.45, 2.75) is 0 Å². The summed E-state index contributed by atoms with van der Waals surface area (Å²) in [6.07, 6.45) is 0. The predicted octanol–water partition coefficient (Wildman–Crippen LogP) is 5.00. The topological polar surface area (TPSA) is 51.5 Å². The molecule has 6 heteroatoms. The second-order valence-electron chi connectivity index (χ2n) is 4.60. The van der Waals surface area contributed by atoms with Crippen molar-refractivity contribution < 1.29 is 13.9 Å². The molecule has 0 fully saturated rings. The van der Waals surface area contributed by atoms with Crippen LogP contribution in [0, 0.1) is 0 Å². The summed E-state index contributed by atoms with van der Waals surface area (Å²) < 4.78 is 10.6. The van der Waals surface area contributed by atoms with Crippen molar-refractivity contribution in [2.24, 2.45) is 0 Å². The summed E-state index contributed by atoms with van der Waals surface area (Å²) in [6, 6.07) is 11.8. The van der Waals surface area contributed by atoms with Gasteiger partial charge in [-0.2, -0.15) is 0 Å². The number of methoxy groups -OCH3 is 1. The molecule has 0 aliphatic rings. The van der Waals surface area contributed by atoms with Gasteiger partial charge in [-0.05, 0) is 42.5 Å². The van der Waals surface area contributed by atoms with Crippen molar-refractivity contribution in [1.82, 2.24) is 0 Å². The van der Waals surface area contributed by atoms with E-state index in [-0.39, 0.29) is 11.7 Å². The molecule has 0 spiro atoms. The van der Waals surface area contributed by atoms with Crippen LogP contribution in [0.15, 0.2) is 46.9 Å². The Labute approximate surface area is 136 Å². The van der Waals surface area contributed by atoms with Crippen LogP contribution in [0.3, 0.4) is 0 Å². The normalized spacial score (nSPS) is 10.7. The number of ether oxygens (including phenoxy) is 1. The number of hydrogen-bond donors (Lipinski definition) is 1. The van der Waals surface area contributed by atoms with Crippen molar-refractivity contribution in [3.8, 4) is 5.75 Å². The molecule has 0 unspecified atom stereocenters. The Bertz CT molecular complexity index is 858. The number of benzene rings is 2.